The monoisotopic (exact) mass is 280 g/mol. The molecule has 1 aromatic rings. The van der Waals surface area contributed by atoms with Crippen LogP contribution in [0.1, 0.15) is 24.2 Å². The van der Waals surface area contributed by atoms with Crippen LogP contribution in [0.2, 0.25) is 5.02 Å². The zero-order valence-electron chi connectivity index (χ0n) is 10.3. The van der Waals surface area contributed by atoms with Gasteiger partial charge >= 0.3 is 0 Å². The lowest BCUT2D eigenvalue weighted by atomic mass is 10.0. The average Bonchev–Trinajstić information content (AvgIpc) is 2.90. The highest BCUT2D eigenvalue weighted by molar-refractivity contribution is 8.22. The van der Waals surface area contributed by atoms with Gasteiger partial charge in [-0.05, 0) is 34.9 Å². The first kappa shape index (κ1) is 13.4. The van der Waals surface area contributed by atoms with Crippen LogP contribution >= 0.6 is 22.5 Å². The molecule has 0 aromatic heterocycles. The third-order valence-electron chi connectivity index (χ3n) is 3.07. The van der Waals surface area contributed by atoms with Crippen molar-refractivity contribution in [3.63, 3.8) is 0 Å². The summed E-state index contributed by atoms with van der Waals surface area (Å²) in [6.07, 6.45) is 6.13. The highest BCUT2D eigenvalue weighted by atomic mass is 35.5. The van der Waals surface area contributed by atoms with Crippen molar-refractivity contribution in [1.82, 2.24) is 0 Å². The lowest BCUT2D eigenvalue weighted by Gasteiger charge is -2.26. The Hall–Kier alpha value is -0.990. The first-order valence-electron chi connectivity index (χ1n) is 6.04. The molecule has 2 unspecified atom stereocenters. The lowest BCUT2D eigenvalue weighted by Crippen LogP contribution is -2.05. The quantitative estimate of drug-likeness (QED) is 0.614. The predicted octanol–water partition coefficient (Wildman–Crippen LogP) is 4.65. The molecule has 1 aliphatic rings. The van der Waals surface area contributed by atoms with E-state index in [1.54, 1.807) is 0 Å². The molecular weight excluding hydrogens is 264 g/mol. The summed E-state index contributed by atoms with van der Waals surface area (Å²) in [4.78, 5) is 10.9. The molecular formula is C15H17ClOS. The fourth-order valence-corrected chi connectivity index (χ4v) is 4.41. The Kier molecular flexibility index (Phi) is 4.67. The van der Waals surface area contributed by atoms with Gasteiger partial charge in [-0.25, -0.2) is 10.9 Å². The van der Waals surface area contributed by atoms with E-state index in [-0.39, 0.29) is 16.8 Å². The van der Waals surface area contributed by atoms with Crippen molar-refractivity contribution in [3.05, 3.63) is 57.8 Å². The predicted molar refractivity (Wildman–Crippen MR) is 81.3 cm³/mol. The zero-order valence-corrected chi connectivity index (χ0v) is 11.9. The van der Waals surface area contributed by atoms with Crippen LogP contribution in [0.15, 0.2) is 47.2 Å². The summed E-state index contributed by atoms with van der Waals surface area (Å²) >= 11 is 5.93. The van der Waals surface area contributed by atoms with Gasteiger partial charge in [0.25, 0.3) is 0 Å². The molecule has 0 fully saturated rings. The van der Waals surface area contributed by atoms with Crippen LogP contribution in [0, 0.1) is 5.92 Å². The molecule has 1 nitrogen and oxygen atoms in total. The topological polar surface area (TPSA) is 17.1 Å². The van der Waals surface area contributed by atoms with E-state index in [0.29, 0.717) is 5.25 Å². The number of rotatable bonds is 5. The number of carbonyl (C=O) groups is 1. The summed E-state index contributed by atoms with van der Waals surface area (Å²) in [7, 11) is -0.296. The third kappa shape index (κ3) is 3.27. The molecule has 0 N–H and O–H groups in total. The molecule has 0 bridgehead atoms. The Bertz CT molecular complexity index is 452. The van der Waals surface area contributed by atoms with Gasteiger partial charge in [-0.1, -0.05) is 42.8 Å². The number of allylic oxidation sites excluding steroid dienone is 2. The minimum atomic E-state index is -0.296. The number of aldehydes is 1. The van der Waals surface area contributed by atoms with E-state index in [1.165, 1.54) is 5.56 Å². The van der Waals surface area contributed by atoms with Crippen molar-refractivity contribution in [2.24, 2.45) is 5.92 Å². The number of halogens is 1. The van der Waals surface area contributed by atoms with E-state index in [4.69, 9.17) is 11.6 Å². The van der Waals surface area contributed by atoms with Crippen molar-refractivity contribution < 1.29 is 4.79 Å². The molecule has 0 radical (unpaired) electrons. The van der Waals surface area contributed by atoms with Crippen LogP contribution in [0.3, 0.4) is 0 Å². The standard InChI is InChI=1S/C15H17ClOS/c1-12(11-17)10-15(18-8-2-3-9-18)13-4-6-14(16)7-5-13/h2-9,11-12,15,18H,10H2,1H3. The summed E-state index contributed by atoms with van der Waals surface area (Å²) in [5.74, 6) is 0.0931. The van der Waals surface area contributed by atoms with E-state index in [0.717, 1.165) is 17.7 Å². The molecule has 1 aromatic carbocycles. The largest absolute Gasteiger partial charge is 0.303 e. The summed E-state index contributed by atoms with van der Waals surface area (Å²) in [6.45, 7) is 1.98. The minimum Gasteiger partial charge on any atom is -0.303 e. The number of hydrogen-bond acceptors (Lipinski definition) is 1. The average molecular weight is 281 g/mol. The van der Waals surface area contributed by atoms with Crippen molar-refractivity contribution in [1.29, 1.82) is 0 Å². The SMILES string of the molecule is CC(C=O)CC(c1ccc(Cl)cc1)[SH]1C=CC=C1. The maximum absolute atomic E-state index is 10.9. The van der Waals surface area contributed by atoms with Crippen LogP contribution < -0.4 is 0 Å². The van der Waals surface area contributed by atoms with Crippen molar-refractivity contribution in [2.45, 2.75) is 18.6 Å². The molecule has 0 saturated heterocycles. The normalized spacial score (nSPS) is 18.9. The molecule has 1 heterocycles. The molecule has 0 amide bonds. The Morgan fingerprint density at radius 2 is 1.83 bits per heavy atom. The van der Waals surface area contributed by atoms with Gasteiger partial charge in [0.1, 0.15) is 6.29 Å². The maximum atomic E-state index is 10.9. The van der Waals surface area contributed by atoms with Gasteiger partial charge in [-0.3, -0.25) is 0 Å². The minimum absolute atomic E-state index is 0.0931. The van der Waals surface area contributed by atoms with Crippen LogP contribution in [-0.2, 0) is 4.79 Å². The van der Waals surface area contributed by atoms with Gasteiger partial charge < -0.3 is 4.79 Å². The Morgan fingerprint density at radius 1 is 1.22 bits per heavy atom. The first-order chi connectivity index (χ1) is 8.70. The second-order valence-electron chi connectivity index (χ2n) is 4.55. The van der Waals surface area contributed by atoms with E-state index in [9.17, 15) is 4.79 Å². The lowest BCUT2D eigenvalue weighted by molar-refractivity contribution is -0.110. The van der Waals surface area contributed by atoms with Gasteiger partial charge in [0.2, 0.25) is 0 Å². The molecule has 0 aliphatic carbocycles. The van der Waals surface area contributed by atoms with Crippen LogP contribution in [0.5, 0.6) is 0 Å². The number of thiol groups is 1. The Morgan fingerprint density at radius 3 is 2.39 bits per heavy atom. The van der Waals surface area contributed by atoms with E-state index in [1.807, 2.05) is 19.1 Å². The maximum Gasteiger partial charge on any atom is 0.122 e. The fraction of sp³-hybridized carbons (Fsp3) is 0.267. The second kappa shape index (κ2) is 6.26. The molecule has 0 saturated carbocycles. The van der Waals surface area contributed by atoms with Gasteiger partial charge in [-0.15, -0.1) is 0 Å². The molecule has 1 aliphatic heterocycles. The molecule has 18 heavy (non-hydrogen) atoms. The summed E-state index contributed by atoms with van der Waals surface area (Å²) in [5.41, 5.74) is 1.27. The van der Waals surface area contributed by atoms with E-state index < -0.39 is 0 Å². The summed E-state index contributed by atoms with van der Waals surface area (Å²) in [5, 5.41) is 5.68. The van der Waals surface area contributed by atoms with Crippen molar-refractivity contribution in [3.8, 4) is 0 Å². The Balaban J connectivity index is 2.23. The van der Waals surface area contributed by atoms with E-state index in [2.05, 4.69) is 35.1 Å². The number of benzene rings is 1. The van der Waals surface area contributed by atoms with Crippen molar-refractivity contribution >= 4 is 28.8 Å². The molecule has 3 heteroatoms. The smallest absolute Gasteiger partial charge is 0.122 e. The van der Waals surface area contributed by atoms with Gasteiger partial charge in [0, 0.05) is 16.2 Å². The summed E-state index contributed by atoms with van der Waals surface area (Å²) < 4.78 is 0. The van der Waals surface area contributed by atoms with E-state index >= 15 is 0 Å². The van der Waals surface area contributed by atoms with Gasteiger partial charge in [0.05, 0.1) is 0 Å². The highest BCUT2D eigenvalue weighted by Gasteiger charge is 2.20. The molecule has 0 spiro atoms. The van der Waals surface area contributed by atoms with Gasteiger partial charge in [0.15, 0.2) is 0 Å². The number of hydrogen-bond donors (Lipinski definition) is 1. The van der Waals surface area contributed by atoms with Crippen LogP contribution in [0.4, 0.5) is 0 Å². The second-order valence-corrected chi connectivity index (χ2v) is 7.10. The van der Waals surface area contributed by atoms with Crippen molar-refractivity contribution in [2.75, 3.05) is 0 Å². The van der Waals surface area contributed by atoms with Crippen LogP contribution in [-0.4, -0.2) is 6.29 Å². The molecule has 2 atom stereocenters. The van der Waals surface area contributed by atoms with Gasteiger partial charge in [-0.2, -0.15) is 0 Å². The Labute approximate surface area is 116 Å². The highest BCUT2D eigenvalue weighted by Crippen LogP contribution is 2.50. The summed E-state index contributed by atoms with van der Waals surface area (Å²) in [6, 6.07) is 8.00. The fourth-order valence-electron chi connectivity index (χ4n) is 2.08. The zero-order chi connectivity index (χ0) is 13.0. The molecule has 96 valence electrons. The first-order valence-corrected chi connectivity index (χ1v) is 7.96. The number of carbonyl (C=O) groups excluding carboxylic acids is 1. The third-order valence-corrected chi connectivity index (χ3v) is 5.58. The van der Waals surface area contributed by atoms with Crippen LogP contribution in [0.25, 0.3) is 0 Å². The molecule has 2 rings (SSSR count).